The Morgan fingerprint density at radius 2 is 1.94 bits per heavy atom. The van der Waals surface area contributed by atoms with Gasteiger partial charge in [-0.3, -0.25) is 4.79 Å². The second kappa shape index (κ2) is 6.28. The molecule has 0 radical (unpaired) electrons. The zero-order valence-electron chi connectivity index (χ0n) is 9.99. The number of nitrogens with one attached hydrogen (secondary N) is 1. The Balaban J connectivity index is 2.57. The molecule has 0 aliphatic rings. The van der Waals surface area contributed by atoms with Gasteiger partial charge in [-0.25, -0.2) is 0 Å². The highest BCUT2D eigenvalue weighted by Crippen LogP contribution is 2.08. The molecular formula is C13H20N2O. The van der Waals surface area contributed by atoms with Crippen LogP contribution in [0.1, 0.15) is 31.4 Å². The van der Waals surface area contributed by atoms with Gasteiger partial charge in [0.1, 0.15) is 0 Å². The van der Waals surface area contributed by atoms with Crippen LogP contribution in [-0.2, 0) is 17.8 Å². The molecule has 88 valence electrons. The topological polar surface area (TPSA) is 55.1 Å². The Hall–Kier alpha value is -1.35. The van der Waals surface area contributed by atoms with Crippen LogP contribution in [0.3, 0.4) is 0 Å². The standard InChI is InChI=1S/C13H20N2O/c1-3-10-7-5-6-8-11(10)9-15-13(16)12(14)4-2/h5-8,12H,3-4,9,14H2,1-2H3,(H,15,16)/t12-/m0/s1. The van der Waals surface area contributed by atoms with Crippen molar-refractivity contribution >= 4 is 5.91 Å². The fraction of sp³-hybridized carbons (Fsp3) is 0.462. The Bertz CT molecular complexity index is 350. The highest BCUT2D eigenvalue weighted by molar-refractivity contribution is 5.81. The van der Waals surface area contributed by atoms with E-state index in [0.717, 1.165) is 6.42 Å². The van der Waals surface area contributed by atoms with Crippen LogP contribution < -0.4 is 11.1 Å². The lowest BCUT2D eigenvalue weighted by Crippen LogP contribution is -2.39. The number of aryl methyl sites for hydroxylation is 1. The van der Waals surface area contributed by atoms with Gasteiger partial charge in [-0.05, 0) is 24.0 Å². The van der Waals surface area contributed by atoms with Gasteiger partial charge in [0.05, 0.1) is 6.04 Å². The van der Waals surface area contributed by atoms with Crippen molar-refractivity contribution in [3.05, 3.63) is 35.4 Å². The fourth-order valence-corrected chi connectivity index (χ4v) is 1.57. The van der Waals surface area contributed by atoms with Gasteiger partial charge in [-0.2, -0.15) is 0 Å². The fourth-order valence-electron chi connectivity index (χ4n) is 1.57. The van der Waals surface area contributed by atoms with Crippen LogP contribution in [0.4, 0.5) is 0 Å². The van der Waals surface area contributed by atoms with Crippen molar-refractivity contribution in [2.24, 2.45) is 5.73 Å². The van der Waals surface area contributed by atoms with E-state index in [1.54, 1.807) is 0 Å². The second-order valence-electron chi connectivity index (χ2n) is 3.85. The highest BCUT2D eigenvalue weighted by atomic mass is 16.2. The molecule has 0 spiro atoms. The molecule has 1 aromatic rings. The van der Waals surface area contributed by atoms with Crippen LogP contribution in [0.25, 0.3) is 0 Å². The van der Waals surface area contributed by atoms with Crippen LogP contribution in [-0.4, -0.2) is 11.9 Å². The summed E-state index contributed by atoms with van der Waals surface area (Å²) in [5.74, 6) is -0.0755. The van der Waals surface area contributed by atoms with Crippen molar-refractivity contribution in [3.8, 4) is 0 Å². The molecule has 0 saturated carbocycles. The summed E-state index contributed by atoms with van der Waals surface area (Å²) in [5.41, 5.74) is 8.08. The first-order valence-electron chi connectivity index (χ1n) is 5.79. The summed E-state index contributed by atoms with van der Waals surface area (Å²) in [6, 6.07) is 7.73. The molecular weight excluding hydrogens is 200 g/mol. The number of hydrogen-bond acceptors (Lipinski definition) is 2. The molecule has 0 aliphatic carbocycles. The van der Waals surface area contributed by atoms with Crippen molar-refractivity contribution in [2.75, 3.05) is 0 Å². The molecule has 0 unspecified atom stereocenters. The predicted molar refractivity (Wildman–Crippen MR) is 65.9 cm³/mol. The molecule has 3 nitrogen and oxygen atoms in total. The van der Waals surface area contributed by atoms with E-state index in [4.69, 9.17) is 5.73 Å². The maximum Gasteiger partial charge on any atom is 0.237 e. The Labute approximate surface area is 97.0 Å². The third kappa shape index (κ3) is 3.35. The molecule has 0 heterocycles. The summed E-state index contributed by atoms with van der Waals surface area (Å²) < 4.78 is 0. The second-order valence-corrected chi connectivity index (χ2v) is 3.85. The minimum Gasteiger partial charge on any atom is -0.351 e. The molecule has 3 heteroatoms. The molecule has 0 aromatic heterocycles. The van der Waals surface area contributed by atoms with Crippen LogP contribution in [0, 0.1) is 0 Å². The number of benzene rings is 1. The lowest BCUT2D eigenvalue weighted by molar-refractivity contribution is -0.122. The number of nitrogens with two attached hydrogens (primary N) is 1. The molecule has 0 bridgehead atoms. The maximum absolute atomic E-state index is 11.5. The first kappa shape index (κ1) is 12.7. The average Bonchev–Trinajstić information content (AvgIpc) is 2.35. The van der Waals surface area contributed by atoms with E-state index in [2.05, 4.69) is 18.3 Å². The molecule has 0 fully saturated rings. The van der Waals surface area contributed by atoms with Crippen molar-refractivity contribution in [3.63, 3.8) is 0 Å². The number of amides is 1. The number of carbonyl (C=O) groups excluding carboxylic acids is 1. The summed E-state index contributed by atoms with van der Waals surface area (Å²) in [6.07, 6.45) is 1.65. The van der Waals surface area contributed by atoms with E-state index >= 15 is 0 Å². The van der Waals surface area contributed by atoms with E-state index in [1.165, 1.54) is 11.1 Å². The van der Waals surface area contributed by atoms with Crippen LogP contribution in [0.2, 0.25) is 0 Å². The van der Waals surface area contributed by atoms with Gasteiger partial charge < -0.3 is 11.1 Å². The Morgan fingerprint density at radius 3 is 2.50 bits per heavy atom. The Kier molecular flexibility index (Phi) is 4.99. The Morgan fingerprint density at radius 1 is 1.31 bits per heavy atom. The van der Waals surface area contributed by atoms with E-state index in [9.17, 15) is 4.79 Å². The van der Waals surface area contributed by atoms with Crippen LogP contribution >= 0.6 is 0 Å². The lowest BCUT2D eigenvalue weighted by atomic mass is 10.1. The zero-order valence-corrected chi connectivity index (χ0v) is 9.99. The van der Waals surface area contributed by atoms with E-state index in [0.29, 0.717) is 13.0 Å². The molecule has 1 atom stereocenters. The predicted octanol–water partition coefficient (Wildman–Crippen LogP) is 1.60. The molecule has 0 aliphatic heterocycles. The highest BCUT2D eigenvalue weighted by Gasteiger charge is 2.10. The quantitative estimate of drug-likeness (QED) is 0.792. The smallest absolute Gasteiger partial charge is 0.237 e. The van der Waals surface area contributed by atoms with E-state index in [-0.39, 0.29) is 5.91 Å². The summed E-state index contributed by atoms with van der Waals surface area (Å²) in [4.78, 5) is 11.5. The van der Waals surface area contributed by atoms with Gasteiger partial charge in [0.15, 0.2) is 0 Å². The van der Waals surface area contributed by atoms with Crippen molar-refractivity contribution < 1.29 is 4.79 Å². The zero-order chi connectivity index (χ0) is 12.0. The van der Waals surface area contributed by atoms with Crippen LogP contribution in [0.15, 0.2) is 24.3 Å². The molecule has 16 heavy (non-hydrogen) atoms. The van der Waals surface area contributed by atoms with Crippen LogP contribution in [0.5, 0.6) is 0 Å². The molecule has 1 aromatic carbocycles. The summed E-state index contributed by atoms with van der Waals surface area (Å²) in [5, 5.41) is 2.86. The largest absolute Gasteiger partial charge is 0.351 e. The van der Waals surface area contributed by atoms with Gasteiger partial charge in [-0.15, -0.1) is 0 Å². The molecule has 3 N–H and O–H groups in total. The van der Waals surface area contributed by atoms with Gasteiger partial charge in [0.25, 0.3) is 0 Å². The number of hydrogen-bond donors (Lipinski definition) is 2. The average molecular weight is 220 g/mol. The van der Waals surface area contributed by atoms with Crippen molar-refractivity contribution in [1.82, 2.24) is 5.32 Å². The molecule has 0 saturated heterocycles. The first-order valence-corrected chi connectivity index (χ1v) is 5.79. The van der Waals surface area contributed by atoms with Gasteiger partial charge in [-0.1, -0.05) is 38.1 Å². The number of carbonyl (C=O) groups is 1. The normalized spacial score (nSPS) is 12.2. The van der Waals surface area contributed by atoms with Crippen molar-refractivity contribution in [2.45, 2.75) is 39.3 Å². The summed E-state index contributed by atoms with van der Waals surface area (Å²) >= 11 is 0. The SMILES string of the molecule is CCc1ccccc1CNC(=O)[C@@H](N)CC. The third-order valence-electron chi connectivity index (χ3n) is 2.73. The van der Waals surface area contributed by atoms with Gasteiger partial charge in [0.2, 0.25) is 5.91 Å². The molecule has 1 rings (SSSR count). The minimum atomic E-state index is -0.395. The number of rotatable bonds is 5. The minimum absolute atomic E-state index is 0.0755. The van der Waals surface area contributed by atoms with Crippen molar-refractivity contribution in [1.29, 1.82) is 0 Å². The molecule has 1 amide bonds. The maximum atomic E-state index is 11.5. The summed E-state index contributed by atoms with van der Waals surface area (Å²) in [6.45, 7) is 4.58. The van der Waals surface area contributed by atoms with Gasteiger partial charge in [0, 0.05) is 6.54 Å². The van der Waals surface area contributed by atoms with E-state index < -0.39 is 6.04 Å². The van der Waals surface area contributed by atoms with Gasteiger partial charge >= 0.3 is 0 Å². The first-order chi connectivity index (χ1) is 7.69. The van der Waals surface area contributed by atoms with E-state index in [1.807, 2.05) is 25.1 Å². The lowest BCUT2D eigenvalue weighted by Gasteiger charge is -2.12. The summed E-state index contributed by atoms with van der Waals surface area (Å²) in [7, 11) is 0. The monoisotopic (exact) mass is 220 g/mol. The third-order valence-corrected chi connectivity index (χ3v) is 2.73.